The van der Waals surface area contributed by atoms with E-state index in [-0.39, 0.29) is 11.6 Å². The standard InChI is InChI=1S/C25H43N4O3/c1-24(2,3)32-23(30)27-14-8-6-7-9-16-29(31)17-10-12-21-18-22(20-26-19-21)25(4)13-11-15-28(25)5/h18-20H,6-17H2,1-5H3,(H,27,30)/q-1/t25-/m0/s1. The van der Waals surface area contributed by atoms with Gasteiger partial charge < -0.3 is 20.3 Å². The Hall–Kier alpha value is -1.70. The van der Waals surface area contributed by atoms with Gasteiger partial charge in [-0.3, -0.25) is 9.88 Å². The fourth-order valence-electron chi connectivity index (χ4n) is 4.22. The molecule has 0 aromatic carbocycles. The van der Waals surface area contributed by atoms with Crippen molar-refractivity contribution in [3.05, 3.63) is 34.8 Å². The summed E-state index contributed by atoms with van der Waals surface area (Å²) in [7, 11) is 2.19. The molecule has 0 aliphatic carbocycles. The molecule has 0 bridgehead atoms. The van der Waals surface area contributed by atoms with Gasteiger partial charge in [0.1, 0.15) is 5.60 Å². The molecule has 7 heteroatoms. The second kappa shape index (κ2) is 12.5. The first-order chi connectivity index (χ1) is 15.1. The molecule has 1 N–H and O–H groups in total. The van der Waals surface area contributed by atoms with Crippen molar-refractivity contribution in [2.45, 2.75) is 90.2 Å². The summed E-state index contributed by atoms with van der Waals surface area (Å²) in [6.45, 7) is 10.7. The van der Waals surface area contributed by atoms with Crippen LogP contribution in [-0.2, 0) is 16.7 Å². The van der Waals surface area contributed by atoms with Gasteiger partial charge >= 0.3 is 6.09 Å². The van der Waals surface area contributed by atoms with E-state index in [0.717, 1.165) is 45.1 Å². The van der Waals surface area contributed by atoms with Crippen molar-refractivity contribution in [3.63, 3.8) is 0 Å². The maximum Gasteiger partial charge on any atom is 0.407 e. The smallest absolute Gasteiger partial charge is 0.407 e. The van der Waals surface area contributed by atoms with E-state index < -0.39 is 5.60 Å². The minimum absolute atomic E-state index is 0.0794. The van der Waals surface area contributed by atoms with Crippen LogP contribution in [0.1, 0.15) is 83.8 Å². The number of alkyl carbamates (subject to hydrolysis) is 1. The molecule has 1 aromatic rings. The molecule has 1 aromatic heterocycles. The number of ether oxygens (including phenoxy) is 1. The van der Waals surface area contributed by atoms with Crippen LogP contribution >= 0.6 is 0 Å². The number of hydroxylamine groups is 2. The number of amides is 1. The highest BCUT2D eigenvalue weighted by molar-refractivity contribution is 5.67. The number of nitrogens with zero attached hydrogens (tertiary/aromatic N) is 3. The summed E-state index contributed by atoms with van der Waals surface area (Å²) < 4.78 is 5.20. The summed E-state index contributed by atoms with van der Waals surface area (Å²) in [6.07, 6.45) is 11.5. The van der Waals surface area contributed by atoms with Crippen LogP contribution in [0.25, 0.3) is 0 Å². The molecule has 1 saturated heterocycles. The fourth-order valence-corrected chi connectivity index (χ4v) is 4.22. The molecule has 1 aliphatic rings. The first-order valence-electron chi connectivity index (χ1n) is 12.1. The van der Waals surface area contributed by atoms with Crippen molar-refractivity contribution >= 4 is 6.09 Å². The normalized spacial score (nSPS) is 19.5. The van der Waals surface area contributed by atoms with Crippen molar-refractivity contribution in [2.24, 2.45) is 0 Å². The number of aromatic nitrogens is 1. The van der Waals surface area contributed by atoms with Gasteiger partial charge in [0, 0.05) is 24.5 Å². The summed E-state index contributed by atoms with van der Waals surface area (Å²) in [5.41, 5.74) is 2.12. The number of nitrogens with one attached hydrogen (secondary N) is 1. The molecule has 0 unspecified atom stereocenters. The molecule has 2 heterocycles. The largest absolute Gasteiger partial charge is 0.785 e. The van der Waals surface area contributed by atoms with Gasteiger partial charge in [0.25, 0.3) is 0 Å². The molecule has 0 saturated carbocycles. The number of carbonyl (C=O) groups is 1. The third kappa shape index (κ3) is 9.04. The van der Waals surface area contributed by atoms with Gasteiger partial charge in [0.15, 0.2) is 0 Å². The van der Waals surface area contributed by atoms with Crippen LogP contribution in [0.4, 0.5) is 4.79 Å². The molecule has 182 valence electrons. The minimum atomic E-state index is -0.466. The van der Waals surface area contributed by atoms with Gasteiger partial charge in [-0.25, -0.2) is 4.79 Å². The zero-order chi connectivity index (χ0) is 23.6. The number of unbranched alkanes of at least 4 members (excludes halogenated alkanes) is 3. The lowest BCUT2D eigenvalue weighted by molar-refractivity contribution is 0.0527. The zero-order valence-corrected chi connectivity index (χ0v) is 20.8. The Morgan fingerprint density at radius 1 is 1.22 bits per heavy atom. The van der Waals surface area contributed by atoms with Crippen LogP contribution in [0, 0.1) is 5.21 Å². The average Bonchev–Trinajstić information content (AvgIpc) is 3.06. The Morgan fingerprint density at radius 3 is 2.62 bits per heavy atom. The van der Waals surface area contributed by atoms with E-state index in [0.29, 0.717) is 19.6 Å². The van der Waals surface area contributed by atoms with E-state index >= 15 is 0 Å². The molecule has 0 radical (unpaired) electrons. The third-order valence-electron chi connectivity index (χ3n) is 6.29. The summed E-state index contributed by atoms with van der Waals surface area (Å²) in [5.74, 6) is 0. The van der Waals surface area contributed by atoms with Gasteiger partial charge in [-0.1, -0.05) is 18.9 Å². The third-order valence-corrected chi connectivity index (χ3v) is 6.29. The van der Waals surface area contributed by atoms with Crippen molar-refractivity contribution in [2.75, 3.05) is 33.2 Å². The summed E-state index contributed by atoms with van der Waals surface area (Å²) in [6, 6.07) is 2.27. The Balaban J connectivity index is 1.55. The lowest BCUT2D eigenvalue weighted by Crippen LogP contribution is -2.35. The second-order valence-electron chi connectivity index (χ2n) is 10.3. The summed E-state index contributed by atoms with van der Waals surface area (Å²) >= 11 is 0. The minimum Gasteiger partial charge on any atom is -0.785 e. The van der Waals surface area contributed by atoms with Crippen molar-refractivity contribution in [1.29, 1.82) is 0 Å². The lowest BCUT2D eigenvalue weighted by Gasteiger charge is -2.33. The number of aryl methyl sites for hydroxylation is 1. The van der Waals surface area contributed by atoms with Crippen molar-refractivity contribution in [1.82, 2.24) is 20.3 Å². The van der Waals surface area contributed by atoms with Gasteiger partial charge in [-0.15, -0.1) is 0 Å². The molecule has 32 heavy (non-hydrogen) atoms. The Morgan fingerprint density at radius 2 is 1.94 bits per heavy atom. The van der Waals surface area contributed by atoms with E-state index in [1.807, 2.05) is 33.2 Å². The molecule has 2 rings (SSSR count). The number of rotatable bonds is 12. The van der Waals surface area contributed by atoms with Gasteiger partial charge in [0.2, 0.25) is 0 Å². The van der Waals surface area contributed by atoms with Crippen LogP contribution in [0.5, 0.6) is 0 Å². The number of hydrogen-bond acceptors (Lipinski definition) is 6. The quantitative estimate of drug-likeness (QED) is 0.365. The van der Waals surface area contributed by atoms with Crippen LogP contribution in [0.2, 0.25) is 0 Å². The van der Waals surface area contributed by atoms with Gasteiger partial charge in [-0.05, 0) is 104 Å². The molecule has 1 aliphatic heterocycles. The van der Waals surface area contributed by atoms with Gasteiger partial charge in [-0.2, -0.15) is 0 Å². The van der Waals surface area contributed by atoms with Crippen LogP contribution in [0.15, 0.2) is 18.5 Å². The number of pyridine rings is 1. The highest BCUT2D eigenvalue weighted by atomic mass is 16.6. The summed E-state index contributed by atoms with van der Waals surface area (Å²) in [5, 5.41) is 16.1. The number of carbonyl (C=O) groups excluding carboxylic acids is 1. The molecule has 1 fully saturated rings. The summed E-state index contributed by atoms with van der Waals surface area (Å²) in [4.78, 5) is 18.5. The first kappa shape index (κ1) is 26.6. The fraction of sp³-hybridized carbons (Fsp3) is 0.760. The van der Waals surface area contributed by atoms with E-state index in [1.165, 1.54) is 29.0 Å². The maximum atomic E-state index is 12.1. The lowest BCUT2D eigenvalue weighted by atomic mass is 9.89. The van der Waals surface area contributed by atoms with Crippen LogP contribution in [0.3, 0.4) is 0 Å². The van der Waals surface area contributed by atoms with Gasteiger partial charge in [0.05, 0.1) is 0 Å². The number of hydrogen-bond donors (Lipinski definition) is 1. The zero-order valence-electron chi connectivity index (χ0n) is 20.8. The Kier molecular flexibility index (Phi) is 10.4. The molecule has 7 nitrogen and oxygen atoms in total. The molecular formula is C25H43N4O3-. The predicted molar refractivity (Wildman–Crippen MR) is 129 cm³/mol. The molecular weight excluding hydrogens is 404 g/mol. The molecule has 0 spiro atoms. The molecule has 1 amide bonds. The van der Waals surface area contributed by atoms with E-state index in [2.05, 4.69) is 35.2 Å². The van der Waals surface area contributed by atoms with Crippen LogP contribution in [-0.4, -0.2) is 59.9 Å². The monoisotopic (exact) mass is 447 g/mol. The van der Waals surface area contributed by atoms with Crippen molar-refractivity contribution in [3.8, 4) is 0 Å². The van der Waals surface area contributed by atoms with Crippen molar-refractivity contribution < 1.29 is 9.53 Å². The average molecular weight is 448 g/mol. The van der Waals surface area contributed by atoms with Crippen LogP contribution < -0.4 is 5.32 Å². The highest BCUT2D eigenvalue weighted by Crippen LogP contribution is 2.37. The van der Waals surface area contributed by atoms with E-state index in [4.69, 9.17) is 4.74 Å². The Labute approximate surface area is 194 Å². The Bertz CT molecular complexity index is 707. The van der Waals surface area contributed by atoms with E-state index in [1.54, 1.807) is 0 Å². The first-order valence-corrected chi connectivity index (χ1v) is 12.1. The SMILES string of the molecule is CN1CCC[C@@]1(C)c1cncc(CCCN([O-])CCCCCCNC(=O)OC(C)(C)C)c1. The predicted octanol–water partition coefficient (Wildman–Crippen LogP) is 4.84. The number of likely N-dealkylation sites (tertiary alicyclic amines) is 1. The molecule has 1 atom stereocenters. The van der Waals surface area contributed by atoms with E-state index in [9.17, 15) is 10.0 Å². The highest BCUT2D eigenvalue weighted by Gasteiger charge is 2.35. The maximum absolute atomic E-state index is 12.1. The second-order valence-corrected chi connectivity index (χ2v) is 10.3. The topological polar surface area (TPSA) is 80.8 Å².